The summed E-state index contributed by atoms with van der Waals surface area (Å²) < 4.78 is 174. The molecule has 0 aliphatic carbocycles. The van der Waals surface area contributed by atoms with Gasteiger partial charge in [-0.15, -0.1) is 0 Å². The van der Waals surface area contributed by atoms with Crippen LogP contribution in [0.5, 0.6) is 0 Å². The van der Waals surface area contributed by atoms with Crippen molar-refractivity contribution >= 4 is 56.2 Å². The number of imidazole rings is 1. The van der Waals surface area contributed by atoms with Gasteiger partial charge in [-0.2, -0.15) is 0 Å². The molecule has 4 aliphatic rings. The average molecular weight is 1540 g/mol. The van der Waals surface area contributed by atoms with Crippen molar-refractivity contribution in [1.29, 1.82) is 0 Å². The molecule has 4 fully saturated rings. The zero-order valence-corrected chi connectivity index (χ0v) is 58.5. The number of hydrogen-bond acceptors (Lipinski definition) is 38. The molecular formula is C49H88N5O40P5. The van der Waals surface area contributed by atoms with Crippen LogP contribution in [-0.4, -0.2) is 306 Å². The van der Waals surface area contributed by atoms with Crippen LogP contribution in [0.3, 0.4) is 0 Å². The molecule has 12 unspecified atom stereocenters. The Kier molecular flexibility index (Phi) is 33.7. The van der Waals surface area contributed by atoms with E-state index in [1.54, 1.807) is 6.92 Å². The maximum Gasteiger partial charge on any atom is 0.474 e. The molecule has 24 atom stereocenters. The molecule has 2 aromatic heterocycles. The number of phosphoric ester groups is 5. The summed E-state index contributed by atoms with van der Waals surface area (Å²) in [6, 6.07) is -1.41. The largest absolute Gasteiger partial charge is 0.474 e. The van der Waals surface area contributed by atoms with Crippen LogP contribution >= 0.6 is 39.1 Å². The number of aliphatic hydroxyl groups excluding tert-OH is 9. The lowest BCUT2D eigenvalue weighted by Gasteiger charge is -2.42. The van der Waals surface area contributed by atoms with E-state index in [1.807, 2.05) is 0 Å². The Balaban J connectivity index is 1.19. The fourth-order valence-corrected chi connectivity index (χ4v) is 13.5. The number of nitrogens with zero attached hydrogens (tertiary/aromatic N) is 4. The summed E-state index contributed by atoms with van der Waals surface area (Å²) >= 11 is 0. The number of carbonyl (C=O) groups is 1. The van der Waals surface area contributed by atoms with Crippen LogP contribution in [0.2, 0.25) is 0 Å². The van der Waals surface area contributed by atoms with Gasteiger partial charge in [0.1, 0.15) is 84.7 Å². The Morgan fingerprint density at radius 1 is 0.586 bits per heavy atom. The van der Waals surface area contributed by atoms with Crippen molar-refractivity contribution < 1.29 is 191 Å². The minimum absolute atomic E-state index is 0.252. The van der Waals surface area contributed by atoms with Crippen molar-refractivity contribution in [2.45, 2.75) is 158 Å². The monoisotopic (exact) mass is 1540 g/mol. The summed E-state index contributed by atoms with van der Waals surface area (Å²) in [7, 11) is -26.2. The van der Waals surface area contributed by atoms with Crippen LogP contribution in [-0.2, 0) is 120 Å². The van der Waals surface area contributed by atoms with Gasteiger partial charge in [0.25, 0.3) is 0 Å². The molecule has 6 heterocycles. The molecule has 4 saturated heterocycles. The number of carbonyl (C=O) groups excluding carboxylic acids is 1. The van der Waals surface area contributed by atoms with Gasteiger partial charge < -0.3 is 123 Å². The molecule has 1 amide bonds. The smallest absolute Gasteiger partial charge is 0.394 e. The molecule has 574 valence electrons. The third-order valence-corrected chi connectivity index (χ3v) is 19.9. The van der Waals surface area contributed by atoms with Crippen molar-refractivity contribution in [3.8, 4) is 0 Å². The molecular weight excluding hydrogens is 1450 g/mol. The predicted molar refractivity (Wildman–Crippen MR) is 319 cm³/mol. The second-order valence-corrected chi connectivity index (χ2v) is 30.0. The van der Waals surface area contributed by atoms with Crippen molar-refractivity contribution in [2.75, 3.05) is 106 Å². The van der Waals surface area contributed by atoms with Gasteiger partial charge in [0, 0.05) is 25.2 Å². The zero-order chi connectivity index (χ0) is 73.3. The van der Waals surface area contributed by atoms with E-state index in [9.17, 15) is 98.0 Å². The van der Waals surface area contributed by atoms with Crippen LogP contribution in [0.1, 0.15) is 53.0 Å². The van der Waals surface area contributed by atoms with Gasteiger partial charge in [-0.05, 0) is 20.8 Å². The Bertz CT molecular complexity index is 3060. The molecule has 15 N–H and O–H groups in total. The lowest BCUT2D eigenvalue weighted by atomic mass is 9.92. The van der Waals surface area contributed by atoms with Crippen LogP contribution in [0.15, 0.2) is 12.7 Å². The van der Waals surface area contributed by atoms with E-state index in [0.29, 0.717) is 11.2 Å². The quantitative estimate of drug-likeness (QED) is 0.0175. The predicted octanol–water partition coefficient (Wildman–Crippen LogP) is -3.33. The highest BCUT2D eigenvalue weighted by atomic mass is 31.2. The molecule has 0 radical (unpaired) electrons. The number of aromatic nitrogens is 4. The van der Waals surface area contributed by atoms with Gasteiger partial charge in [-0.3, -0.25) is 54.6 Å². The topological polar surface area (TPSA) is 626 Å². The fourth-order valence-electron chi connectivity index (χ4n) is 9.81. The van der Waals surface area contributed by atoms with Gasteiger partial charge in [0.05, 0.1) is 116 Å². The molecule has 45 nitrogen and oxygen atoms in total. The minimum atomic E-state index is -5.58. The standard InChI is InChI=1S/C49H88N5O40P5/c1-26(2)93-99(73,74)94-31-13-36(54-22-52-37-29(5)50-21-51-45(37)54)89-35(31)17-84-98(71,72)85-20-49(80-25-88-97(69,70)83-11-8-78-47-28(4)40(60)42(62)33(15-56)91-47,18-75-23-86-95(65,66)81-10-7-77-46-27(3)39(59)41(61)32(14-55)90-46)19-76-24-87-96(67,68)82-12-9-79-48-38(53-30(6)58)44(64)43(63)34(16-57)92-48/h21-22,26-28,31-36,38-44,46-48,55-57,59-64H,7-20,23-25H2,1-6H3,(H,53,58)(H,65,66)(H,67,68)(H,69,70)(H,71,72)(H,73,74)/t27?,28?,31-,32?,33?,34?,35+,36+,38?,39+,40+,41-,42-,43-,44+,46+,47+,48+,49?/m0/s1. The third-order valence-electron chi connectivity index (χ3n) is 14.9. The number of fused-ring (bicyclic) bond motifs is 1. The van der Waals surface area contributed by atoms with E-state index >= 15 is 0 Å². The first-order valence-corrected chi connectivity index (χ1v) is 37.7. The number of nitrogens with one attached hydrogen (secondary N) is 1. The Morgan fingerprint density at radius 2 is 1.05 bits per heavy atom. The van der Waals surface area contributed by atoms with E-state index in [4.69, 9.17) is 92.6 Å². The van der Waals surface area contributed by atoms with E-state index < -0.39 is 273 Å². The summed E-state index contributed by atoms with van der Waals surface area (Å²) in [5.74, 6) is -2.44. The van der Waals surface area contributed by atoms with Gasteiger partial charge in [0.2, 0.25) is 5.91 Å². The first-order valence-electron chi connectivity index (χ1n) is 30.2. The number of phosphoric acid groups is 5. The molecule has 2 aromatic rings. The third kappa shape index (κ3) is 26.1. The number of rotatable bonds is 44. The number of ether oxygens (including phenoxy) is 10. The zero-order valence-electron chi connectivity index (χ0n) is 54.0. The molecule has 6 rings (SSSR count). The lowest BCUT2D eigenvalue weighted by molar-refractivity contribution is -0.283. The Labute approximate surface area is 564 Å². The van der Waals surface area contributed by atoms with Gasteiger partial charge in [-0.25, -0.2) is 37.8 Å². The first kappa shape index (κ1) is 85.7. The second-order valence-electron chi connectivity index (χ2n) is 22.8. The maximum atomic E-state index is 14.0. The summed E-state index contributed by atoms with van der Waals surface area (Å²) in [5.41, 5.74) is -1.53. The number of aryl methyl sites for hydroxylation is 1. The van der Waals surface area contributed by atoms with Crippen molar-refractivity contribution in [3.05, 3.63) is 18.3 Å². The second kappa shape index (κ2) is 38.9. The van der Waals surface area contributed by atoms with E-state index in [2.05, 4.69) is 20.3 Å². The molecule has 50 heteroatoms. The number of aliphatic hydroxyl groups is 9. The SMILES string of the molecule is CC(=O)NC1[C@H](OCCOP(=O)(O)OCOCC(COCOP(=O)(O)OCCO[C@@H]2OC(CO)[C@H](O)[C@H](O)C2C)(COP(=O)(O)OC[C@H]2O[C@@H](n3cnc4c(C)ncnc43)C[C@@H]2OP(=O)(O)OC(C)C)OCOP(=O)(O)OCCO[C@@H]2OC(CO)[C@H](O)[C@H](O)C2C)OC(CO)[C@H](O)[C@@H]1O. The summed E-state index contributed by atoms with van der Waals surface area (Å²) in [5, 5.41) is 93.1. The summed E-state index contributed by atoms with van der Waals surface area (Å²) in [6.45, 7) is -6.36. The maximum absolute atomic E-state index is 14.0. The van der Waals surface area contributed by atoms with Crippen molar-refractivity contribution in [3.63, 3.8) is 0 Å². The van der Waals surface area contributed by atoms with E-state index in [-0.39, 0.29) is 12.1 Å². The van der Waals surface area contributed by atoms with E-state index in [1.165, 1.54) is 44.9 Å². The van der Waals surface area contributed by atoms with E-state index in [0.717, 1.165) is 6.92 Å². The van der Waals surface area contributed by atoms with Crippen molar-refractivity contribution in [2.24, 2.45) is 11.8 Å². The van der Waals surface area contributed by atoms with Crippen LogP contribution in [0, 0.1) is 18.8 Å². The highest BCUT2D eigenvalue weighted by molar-refractivity contribution is 7.48. The summed E-state index contributed by atoms with van der Waals surface area (Å²) in [4.78, 5) is 78.4. The molecule has 0 bridgehead atoms. The average Bonchev–Trinajstić information content (AvgIpc) is 1.71. The lowest BCUT2D eigenvalue weighted by Crippen LogP contribution is -2.64. The number of hydrogen-bond donors (Lipinski definition) is 15. The molecule has 99 heavy (non-hydrogen) atoms. The Hall–Kier alpha value is -2.19. The summed E-state index contributed by atoms with van der Waals surface area (Å²) in [6.07, 6.45) is -19.7. The molecule has 0 saturated carbocycles. The minimum Gasteiger partial charge on any atom is -0.394 e. The molecule has 4 aliphatic heterocycles. The molecule has 0 aromatic carbocycles. The first-order chi connectivity index (χ1) is 46.4. The fraction of sp³-hybridized carbons (Fsp3) is 0.878. The van der Waals surface area contributed by atoms with Gasteiger partial charge in [0.15, 0.2) is 44.9 Å². The normalized spacial score (nSPS) is 32.9. The highest BCUT2D eigenvalue weighted by Crippen LogP contribution is 2.52. The van der Waals surface area contributed by atoms with Gasteiger partial charge in [-0.1, -0.05) is 13.8 Å². The Morgan fingerprint density at radius 3 is 1.54 bits per heavy atom. The molecule has 0 spiro atoms. The highest BCUT2D eigenvalue weighted by Gasteiger charge is 2.49. The van der Waals surface area contributed by atoms with Crippen LogP contribution in [0.25, 0.3) is 11.2 Å². The van der Waals surface area contributed by atoms with Crippen LogP contribution in [0.4, 0.5) is 0 Å². The van der Waals surface area contributed by atoms with Gasteiger partial charge >= 0.3 is 39.1 Å². The number of amides is 1. The van der Waals surface area contributed by atoms with Crippen molar-refractivity contribution in [1.82, 2.24) is 24.8 Å². The van der Waals surface area contributed by atoms with Crippen LogP contribution < -0.4 is 5.32 Å².